The van der Waals surface area contributed by atoms with E-state index in [-0.39, 0.29) is 21.4 Å². The maximum atomic E-state index is 13.2. The van der Waals surface area contributed by atoms with E-state index in [2.05, 4.69) is 4.72 Å². The highest BCUT2D eigenvalue weighted by atomic mass is 35.5. The van der Waals surface area contributed by atoms with Crippen LogP contribution in [0, 0.1) is 5.82 Å². The Morgan fingerprint density at radius 3 is 2.45 bits per heavy atom. The zero-order valence-corrected chi connectivity index (χ0v) is 12.2. The van der Waals surface area contributed by atoms with Gasteiger partial charge in [-0.3, -0.25) is 4.72 Å². The molecule has 0 heterocycles. The summed E-state index contributed by atoms with van der Waals surface area (Å²) in [5.74, 6) is -0.720. The molecule has 0 atom stereocenters. The van der Waals surface area contributed by atoms with Crippen LogP contribution < -0.4 is 10.5 Å². The fourth-order valence-electron chi connectivity index (χ4n) is 1.52. The molecule has 20 heavy (non-hydrogen) atoms. The minimum atomic E-state index is -4.10. The number of nitrogen functional groups attached to an aromatic ring is 1. The summed E-state index contributed by atoms with van der Waals surface area (Å²) >= 11 is 11.7. The normalized spacial score (nSPS) is 11.3. The minimum Gasteiger partial charge on any atom is -0.397 e. The summed E-state index contributed by atoms with van der Waals surface area (Å²) in [6.45, 7) is 0. The monoisotopic (exact) mass is 334 g/mol. The van der Waals surface area contributed by atoms with Gasteiger partial charge in [0.1, 0.15) is 10.7 Å². The van der Waals surface area contributed by atoms with Crippen molar-refractivity contribution < 1.29 is 12.8 Å². The molecule has 0 saturated carbocycles. The second-order valence-corrected chi connectivity index (χ2v) is 6.35. The van der Waals surface area contributed by atoms with Gasteiger partial charge in [0, 0.05) is 0 Å². The van der Waals surface area contributed by atoms with E-state index in [1.165, 1.54) is 12.1 Å². The Balaban J connectivity index is 2.49. The molecule has 3 N–H and O–H groups in total. The second-order valence-electron chi connectivity index (χ2n) is 3.88. The van der Waals surface area contributed by atoms with Crippen molar-refractivity contribution in [2.45, 2.75) is 4.90 Å². The standard InChI is InChI=1S/C12H9Cl2FN2O2S/c13-8-5-4-7(15)6-11(8)20(18,19)17-12-9(14)2-1-3-10(12)16/h1-6,17H,16H2. The van der Waals surface area contributed by atoms with Gasteiger partial charge < -0.3 is 5.73 Å². The molecule has 0 fully saturated rings. The topological polar surface area (TPSA) is 72.2 Å². The predicted octanol–water partition coefficient (Wildman–Crippen LogP) is 3.52. The van der Waals surface area contributed by atoms with Crippen molar-refractivity contribution in [2.24, 2.45) is 0 Å². The molecule has 0 saturated heterocycles. The van der Waals surface area contributed by atoms with Crippen molar-refractivity contribution >= 4 is 44.6 Å². The first-order chi connectivity index (χ1) is 9.31. The predicted molar refractivity (Wildman–Crippen MR) is 78.1 cm³/mol. The molecule has 0 radical (unpaired) electrons. The lowest BCUT2D eigenvalue weighted by molar-refractivity contribution is 0.595. The van der Waals surface area contributed by atoms with Gasteiger partial charge in [-0.25, -0.2) is 12.8 Å². The van der Waals surface area contributed by atoms with E-state index < -0.39 is 20.7 Å². The number of rotatable bonds is 3. The van der Waals surface area contributed by atoms with E-state index >= 15 is 0 Å². The summed E-state index contributed by atoms with van der Waals surface area (Å²) in [5.41, 5.74) is 5.83. The number of nitrogens with two attached hydrogens (primary N) is 1. The van der Waals surface area contributed by atoms with Crippen LogP contribution in [-0.4, -0.2) is 8.42 Å². The SMILES string of the molecule is Nc1cccc(Cl)c1NS(=O)(=O)c1cc(F)ccc1Cl. The molecular weight excluding hydrogens is 326 g/mol. The molecule has 0 spiro atoms. The molecule has 4 nitrogen and oxygen atoms in total. The van der Waals surface area contributed by atoms with E-state index in [9.17, 15) is 12.8 Å². The van der Waals surface area contributed by atoms with Gasteiger partial charge in [-0.05, 0) is 30.3 Å². The van der Waals surface area contributed by atoms with Gasteiger partial charge in [0.15, 0.2) is 0 Å². The first-order valence-electron chi connectivity index (χ1n) is 5.33. The van der Waals surface area contributed by atoms with Gasteiger partial charge >= 0.3 is 0 Å². The van der Waals surface area contributed by atoms with Crippen LogP contribution in [0.5, 0.6) is 0 Å². The Hall–Kier alpha value is -1.50. The van der Waals surface area contributed by atoms with Crippen LogP contribution in [0.4, 0.5) is 15.8 Å². The average Bonchev–Trinajstić information content (AvgIpc) is 2.37. The van der Waals surface area contributed by atoms with E-state index in [0.717, 1.165) is 18.2 Å². The van der Waals surface area contributed by atoms with Gasteiger partial charge in [0.2, 0.25) is 0 Å². The third-order valence-electron chi connectivity index (χ3n) is 2.47. The van der Waals surface area contributed by atoms with E-state index in [1.54, 1.807) is 6.07 Å². The highest BCUT2D eigenvalue weighted by molar-refractivity contribution is 7.92. The molecule has 0 unspecified atom stereocenters. The Bertz CT molecular complexity index is 746. The van der Waals surface area contributed by atoms with Crippen LogP contribution in [0.25, 0.3) is 0 Å². The lowest BCUT2D eigenvalue weighted by Gasteiger charge is -2.12. The smallest absolute Gasteiger partial charge is 0.263 e. The lowest BCUT2D eigenvalue weighted by atomic mass is 10.3. The van der Waals surface area contributed by atoms with E-state index in [4.69, 9.17) is 28.9 Å². The molecule has 8 heteroatoms. The van der Waals surface area contributed by atoms with Crippen molar-refractivity contribution in [1.82, 2.24) is 0 Å². The zero-order chi connectivity index (χ0) is 14.9. The van der Waals surface area contributed by atoms with Gasteiger partial charge in [-0.1, -0.05) is 29.3 Å². The molecule has 106 valence electrons. The molecule has 0 aromatic heterocycles. The van der Waals surface area contributed by atoms with Crippen molar-refractivity contribution in [1.29, 1.82) is 0 Å². The van der Waals surface area contributed by atoms with Crippen LogP contribution in [0.15, 0.2) is 41.3 Å². The molecule has 0 bridgehead atoms. The van der Waals surface area contributed by atoms with Gasteiger partial charge in [-0.15, -0.1) is 0 Å². The first kappa shape index (κ1) is 14.9. The maximum Gasteiger partial charge on any atom is 0.263 e. The van der Waals surface area contributed by atoms with Gasteiger partial charge in [-0.2, -0.15) is 0 Å². The summed E-state index contributed by atoms with van der Waals surface area (Å²) in [6.07, 6.45) is 0. The number of nitrogens with one attached hydrogen (secondary N) is 1. The third kappa shape index (κ3) is 2.98. The van der Waals surface area contributed by atoms with Crippen LogP contribution >= 0.6 is 23.2 Å². The minimum absolute atomic E-state index is 0.0227. The molecule has 0 aliphatic carbocycles. The highest BCUT2D eigenvalue weighted by Crippen LogP contribution is 2.31. The fourth-order valence-corrected chi connectivity index (χ4v) is 3.43. The summed E-state index contributed by atoms with van der Waals surface area (Å²) in [6, 6.07) is 7.56. The molecule has 2 rings (SSSR count). The average molecular weight is 335 g/mol. The maximum absolute atomic E-state index is 13.2. The van der Waals surface area contributed by atoms with Gasteiger partial charge in [0.25, 0.3) is 10.0 Å². The largest absolute Gasteiger partial charge is 0.397 e. The molecule has 0 aliphatic rings. The fraction of sp³-hybridized carbons (Fsp3) is 0. The highest BCUT2D eigenvalue weighted by Gasteiger charge is 2.21. The first-order valence-corrected chi connectivity index (χ1v) is 7.57. The van der Waals surface area contributed by atoms with E-state index in [1.807, 2.05) is 0 Å². The lowest BCUT2D eigenvalue weighted by Crippen LogP contribution is -2.15. The van der Waals surface area contributed by atoms with Gasteiger partial charge in [0.05, 0.1) is 21.4 Å². The number of benzene rings is 2. The summed E-state index contributed by atoms with van der Waals surface area (Å²) in [7, 11) is -4.10. The number of sulfonamides is 1. The van der Waals surface area contributed by atoms with Crippen molar-refractivity contribution in [2.75, 3.05) is 10.5 Å². The summed E-state index contributed by atoms with van der Waals surface area (Å²) in [4.78, 5) is -0.390. The molecule has 0 aliphatic heterocycles. The Kier molecular flexibility index (Phi) is 4.08. The van der Waals surface area contributed by atoms with Crippen LogP contribution in [-0.2, 0) is 10.0 Å². The Morgan fingerprint density at radius 1 is 1.10 bits per heavy atom. The molecule has 2 aromatic carbocycles. The molecule has 2 aromatic rings. The number of hydrogen-bond acceptors (Lipinski definition) is 3. The molecular formula is C12H9Cl2FN2O2S. The zero-order valence-electron chi connectivity index (χ0n) is 9.90. The number of anilines is 2. The third-order valence-corrected chi connectivity index (χ3v) is 4.61. The van der Waals surface area contributed by atoms with Crippen LogP contribution in [0.2, 0.25) is 10.0 Å². The Labute approximate surface area is 125 Å². The van der Waals surface area contributed by atoms with E-state index in [0.29, 0.717) is 0 Å². The quantitative estimate of drug-likeness (QED) is 0.843. The van der Waals surface area contributed by atoms with Crippen LogP contribution in [0.1, 0.15) is 0 Å². The summed E-state index contributed by atoms with van der Waals surface area (Å²) in [5, 5.41) is 0.0191. The van der Waals surface area contributed by atoms with Crippen molar-refractivity contribution in [3.05, 3.63) is 52.3 Å². The second kappa shape index (κ2) is 5.47. The van der Waals surface area contributed by atoms with Crippen LogP contribution in [0.3, 0.4) is 0 Å². The number of para-hydroxylation sites is 1. The Morgan fingerprint density at radius 2 is 1.80 bits per heavy atom. The number of hydrogen-bond donors (Lipinski definition) is 2. The van der Waals surface area contributed by atoms with Crippen molar-refractivity contribution in [3.8, 4) is 0 Å². The summed E-state index contributed by atoms with van der Waals surface area (Å²) < 4.78 is 39.8. The molecule has 0 amide bonds. The number of halogens is 3. The van der Waals surface area contributed by atoms with Crippen molar-refractivity contribution in [3.63, 3.8) is 0 Å².